The number of halogens is 3. The van der Waals surface area contributed by atoms with E-state index in [4.69, 9.17) is 4.74 Å². The molecular formula is C19H24F3NO3. The zero-order chi connectivity index (χ0) is 19.5. The molecule has 0 saturated carbocycles. The van der Waals surface area contributed by atoms with E-state index in [0.29, 0.717) is 25.9 Å². The third kappa shape index (κ3) is 5.47. The number of Topliss-reactive ketones (excluding diaryl/α,β-unsaturated/α-hetero) is 1. The maximum absolute atomic E-state index is 14.3. The van der Waals surface area contributed by atoms with E-state index in [1.807, 2.05) is 0 Å². The quantitative estimate of drug-likeness (QED) is 0.722. The molecule has 4 nitrogen and oxygen atoms in total. The Morgan fingerprint density at radius 1 is 1.12 bits per heavy atom. The number of ketones is 1. The fraction of sp³-hybridized carbons (Fsp3) is 0.579. The van der Waals surface area contributed by atoms with Crippen LogP contribution in [0.15, 0.2) is 24.3 Å². The van der Waals surface area contributed by atoms with E-state index >= 15 is 0 Å². The normalized spacial score (nSPS) is 16.5. The van der Waals surface area contributed by atoms with Gasteiger partial charge in [-0.05, 0) is 63.8 Å². The minimum Gasteiger partial charge on any atom is -0.444 e. The molecule has 0 N–H and O–H groups in total. The van der Waals surface area contributed by atoms with Crippen LogP contribution in [-0.2, 0) is 4.74 Å². The standard InChI is InChI=1S/C19H24F3NO3/c1-18(2,3)26-17(25)23-10-8-13(9-11-23)12-19(21,22)16(24)14-4-6-15(20)7-5-14/h4-7,13H,8-12H2,1-3H3. The van der Waals surface area contributed by atoms with E-state index in [2.05, 4.69) is 0 Å². The molecule has 0 spiro atoms. The average molecular weight is 371 g/mol. The summed E-state index contributed by atoms with van der Waals surface area (Å²) in [5.41, 5.74) is -0.815. The van der Waals surface area contributed by atoms with Crippen molar-refractivity contribution in [3.05, 3.63) is 35.6 Å². The van der Waals surface area contributed by atoms with Crippen molar-refractivity contribution in [1.29, 1.82) is 0 Å². The zero-order valence-corrected chi connectivity index (χ0v) is 15.2. The third-order valence-electron chi connectivity index (χ3n) is 4.25. The third-order valence-corrected chi connectivity index (χ3v) is 4.25. The Bertz CT molecular complexity index is 645. The number of ether oxygens (including phenoxy) is 1. The molecule has 0 aliphatic carbocycles. The van der Waals surface area contributed by atoms with Gasteiger partial charge in [-0.3, -0.25) is 4.79 Å². The summed E-state index contributed by atoms with van der Waals surface area (Å²) in [6, 6.07) is 4.11. The molecule has 0 radical (unpaired) electrons. The summed E-state index contributed by atoms with van der Waals surface area (Å²) in [6.45, 7) is 5.93. The maximum Gasteiger partial charge on any atom is 0.410 e. The molecule has 1 aliphatic heterocycles. The Labute approximate surface area is 151 Å². The van der Waals surface area contributed by atoms with Gasteiger partial charge in [0.2, 0.25) is 5.78 Å². The molecule has 1 aliphatic rings. The van der Waals surface area contributed by atoms with Gasteiger partial charge in [0.1, 0.15) is 11.4 Å². The Kier molecular flexibility index (Phi) is 5.98. The molecule has 144 valence electrons. The predicted octanol–water partition coefficient (Wildman–Crippen LogP) is 4.68. The van der Waals surface area contributed by atoms with Crippen LogP contribution in [-0.4, -0.2) is 41.4 Å². The number of carbonyl (C=O) groups excluding carboxylic acids is 2. The van der Waals surface area contributed by atoms with Gasteiger partial charge in [-0.25, -0.2) is 9.18 Å². The van der Waals surface area contributed by atoms with E-state index in [9.17, 15) is 22.8 Å². The molecule has 0 aromatic heterocycles. The highest BCUT2D eigenvalue weighted by molar-refractivity contribution is 6.01. The van der Waals surface area contributed by atoms with Gasteiger partial charge in [0.05, 0.1) is 0 Å². The average Bonchev–Trinajstić information content (AvgIpc) is 2.53. The lowest BCUT2D eigenvalue weighted by atomic mass is 9.88. The number of carbonyl (C=O) groups is 2. The Hall–Kier alpha value is -2.05. The highest BCUT2D eigenvalue weighted by Crippen LogP contribution is 2.33. The van der Waals surface area contributed by atoms with E-state index < -0.39 is 35.6 Å². The fourth-order valence-corrected chi connectivity index (χ4v) is 2.91. The lowest BCUT2D eigenvalue weighted by Gasteiger charge is -2.34. The van der Waals surface area contributed by atoms with Gasteiger partial charge in [0.25, 0.3) is 0 Å². The highest BCUT2D eigenvalue weighted by atomic mass is 19.3. The monoisotopic (exact) mass is 371 g/mol. The van der Waals surface area contributed by atoms with E-state index in [0.717, 1.165) is 24.3 Å². The van der Waals surface area contributed by atoms with Crippen molar-refractivity contribution in [3.63, 3.8) is 0 Å². The largest absolute Gasteiger partial charge is 0.444 e. The van der Waals surface area contributed by atoms with Crippen molar-refractivity contribution in [3.8, 4) is 0 Å². The number of piperidine rings is 1. The van der Waals surface area contributed by atoms with Crippen molar-refractivity contribution >= 4 is 11.9 Å². The van der Waals surface area contributed by atoms with Gasteiger partial charge in [0.15, 0.2) is 0 Å². The molecule has 26 heavy (non-hydrogen) atoms. The van der Waals surface area contributed by atoms with Crippen LogP contribution in [0.3, 0.4) is 0 Å². The Morgan fingerprint density at radius 3 is 2.15 bits per heavy atom. The van der Waals surface area contributed by atoms with Crippen molar-refractivity contribution < 1.29 is 27.5 Å². The molecule has 1 saturated heterocycles. The minimum atomic E-state index is -3.52. The summed E-state index contributed by atoms with van der Waals surface area (Å²) < 4.78 is 46.8. The van der Waals surface area contributed by atoms with Crippen LogP contribution < -0.4 is 0 Å². The van der Waals surface area contributed by atoms with Crippen LogP contribution in [0.25, 0.3) is 0 Å². The second-order valence-corrected chi connectivity index (χ2v) is 7.66. The van der Waals surface area contributed by atoms with Crippen molar-refractivity contribution in [1.82, 2.24) is 4.90 Å². The van der Waals surface area contributed by atoms with E-state index in [1.165, 1.54) is 4.90 Å². The van der Waals surface area contributed by atoms with Gasteiger partial charge in [-0.1, -0.05) is 0 Å². The molecule has 7 heteroatoms. The summed E-state index contributed by atoms with van der Waals surface area (Å²) in [5, 5.41) is 0. The van der Waals surface area contributed by atoms with Crippen LogP contribution in [0.4, 0.5) is 18.0 Å². The van der Waals surface area contributed by atoms with Crippen LogP contribution in [0.1, 0.15) is 50.4 Å². The number of hydrogen-bond donors (Lipinski definition) is 0. The number of alkyl halides is 2. The highest BCUT2D eigenvalue weighted by Gasteiger charge is 2.42. The summed E-state index contributed by atoms with van der Waals surface area (Å²) >= 11 is 0. The smallest absolute Gasteiger partial charge is 0.410 e. The molecule has 1 fully saturated rings. The van der Waals surface area contributed by atoms with Crippen LogP contribution in [0, 0.1) is 11.7 Å². The summed E-state index contributed by atoms with van der Waals surface area (Å²) in [7, 11) is 0. The topological polar surface area (TPSA) is 46.6 Å². The lowest BCUT2D eigenvalue weighted by Crippen LogP contribution is -2.43. The predicted molar refractivity (Wildman–Crippen MR) is 90.8 cm³/mol. The van der Waals surface area contributed by atoms with Gasteiger partial charge in [-0.15, -0.1) is 0 Å². The van der Waals surface area contributed by atoms with Crippen LogP contribution in [0.5, 0.6) is 0 Å². The molecule has 0 bridgehead atoms. The first-order valence-electron chi connectivity index (χ1n) is 8.64. The number of hydrogen-bond acceptors (Lipinski definition) is 3. The number of nitrogens with zero attached hydrogens (tertiary/aromatic N) is 1. The van der Waals surface area contributed by atoms with Gasteiger partial charge in [0, 0.05) is 25.1 Å². The lowest BCUT2D eigenvalue weighted by molar-refractivity contribution is -0.0155. The molecule has 1 aromatic carbocycles. The second-order valence-electron chi connectivity index (χ2n) is 7.66. The molecular weight excluding hydrogens is 347 g/mol. The number of amides is 1. The van der Waals surface area contributed by atoms with Gasteiger partial charge in [-0.2, -0.15) is 8.78 Å². The minimum absolute atomic E-state index is 0.206. The summed E-state index contributed by atoms with van der Waals surface area (Å²) in [5.74, 6) is -5.77. The van der Waals surface area contributed by atoms with Crippen molar-refractivity contribution in [2.45, 2.75) is 51.6 Å². The molecule has 1 amide bonds. The number of rotatable bonds is 4. The molecule has 2 rings (SSSR count). The fourth-order valence-electron chi connectivity index (χ4n) is 2.91. The molecule has 1 aromatic rings. The SMILES string of the molecule is CC(C)(C)OC(=O)N1CCC(CC(F)(F)C(=O)c2ccc(F)cc2)CC1. The number of benzene rings is 1. The second kappa shape index (κ2) is 7.68. The maximum atomic E-state index is 14.3. The molecule has 0 atom stereocenters. The first-order chi connectivity index (χ1) is 12.0. The Balaban J connectivity index is 1.90. The van der Waals surface area contributed by atoms with Crippen molar-refractivity contribution in [2.75, 3.05) is 13.1 Å². The van der Waals surface area contributed by atoms with Crippen LogP contribution >= 0.6 is 0 Å². The first-order valence-corrected chi connectivity index (χ1v) is 8.64. The van der Waals surface area contributed by atoms with Crippen LogP contribution in [0.2, 0.25) is 0 Å². The first kappa shape index (κ1) is 20.3. The summed E-state index contributed by atoms with van der Waals surface area (Å²) in [4.78, 5) is 25.5. The molecule has 1 heterocycles. The Morgan fingerprint density at radius 2 is 1.65 bits per heavy atom. The molecule has 0 unspecified atom stereocenters. The van der Waals surface area contributed by atoms with Crippen molar-refractivity contribution in [2.24, 2.45) is 5.92 Å². The zero-order valence-electron chi connectivity index (χ0n) is 15.2. The van der Waals surface area contributed by atoms with Gasteiger partial charge < -0.3 is 9.64 Å². The summed E-state index contributed by atoms with van der Waals surface area (Å²) in [6.07, 6.45) is -0.271. The van der Waals surface area contributed by atoms with E-state index in [1.54, 1.807) is 20.8 Å². The number of likely N-dealkylation sites (tertiary alicyclic amines) is 1. The van der Waals surface area contributed by atoms with Gasteiger partial charge >= 0.3 is 12.0 Å². The van der Waals surface area contributed by atoms with E-state index in [-0.39, 0.29) is 11.5 Å².